The maximum Gasteiger partial charge on any atom is 0.162 e. The highest BCUT2D eigenvalue weighted by Gasteiger charge is 2.11. The predicted molar refractivity (Wildman–Crippen MR) is 89.7 cm³/mol. The van der Waals surface area contributed by atoms with Crippen LogP contribution in [0.25, 0.3) is 0 Å². The van der Waals surface area contributed by atoms with E-state index in [1.165, 1.54) is 14.0 Å². The molecular formula is C19H19NO4. The molecule has 2 aromatic carbocycles. The fourth-order valence-electron chi connectivity index (χ4n) is 2.22. The molecule has 0 unspecified atom stereocenters. The van der Waals surface area contributed by atoms with E-state index < -0.39 is 0 Å². The Hall–Kier alpha value is -3.00. The van der Waals surface area contributed by atoms with Crippen LogP contribution in [0.1, 0.15) is 35.3 Å². The van der Waals surface area contributed by atoms with Crippen LogP contribution in [0.2, 0.25) is 0 Å². The van der Waals surface area contributed by atoms with E-state index in [4.69, 9.17) is 19.5 Å². The minimum Gasteiger partial charge on any atom is -0.493 e. The van der Waals surface area contributed by atoms with Gasteiger partial charge in [-0.25, -0.2) is 0 Å². The number of hydrogen-bond acceptors (Lipinski definition) is 5. The molecule has 24 heavy (non-hydrogen) atoms. The quantitative estimate of drug-likeness (QED) is 0.725. The molecule has 0 N–H and O–H groups in total. The number of ether oxygens (including phenoxy) is 3. The van der Waals surface area contributed by atoms with Crippen molar-refractivity contribution >= 4 is 5.78 Å². The van der Waals surface area contributed by atoms with Crippen LogP contribution in [-0.4, -0.2) is 19.5 Å². The lowest BCUT2D eigenvalue weighted by molar-refractivity contribution is 0.101. The summed E-state index contributed by atoms with van der Waals surface area (Å²) in [4.78, 5) is 11.6. The number of ketones is 1. The molecule has 5 nitrogen and oxygen atoms in total. The minimum absolute atomic E-state index is 0.0183. The number of Topliss-reactive ketones (excluding diaryl/α,β-unsaturated/α-hetero) is 1. The van der Waals surface area contributed by atoms with E-state index in [1.54, 1.807) is 36.4 Å². The van der Waals surface area contributed by atoms with Crippen LogP contribution < -0.4 is 14.2 Å². The summed E-state index contributed by atoms with van der Waals surface area (Å²) >= 11 is 0. The van der Waals surface area contributed by atoms with Gasteiger partial charge in [0.2, 0.25) is 0 Å². The molecule has 0 aliphatic rings. The highest BCUT2D eigenvalue weighted by atomic mass is 16.5. The zero-order chi connectivity index (χ0) is 17.5. The first-order valence-corrected chi connectivity index (χ1v) is 7.56. The van der Waals surface area contributed by atoms with Crippen molar-refractivity contribution in [3.05, 3.63) is 53.1 Å². The Morgan fingerprint density at radius 2 is 1.83 bits per heavy atom. The number of hydrogen-bond donors (Lipinski definition) is 0. The maximum absolute atomic E-state index is 11.6. The third kappa shape index (κ3) is 4.05. The normalized spacial score (nSPS) is 9.92. The van der Waals surface area contributed by atoms with Crippen LogP contribution in [0.5, 0.6) is 17.2 Å². The van der Waals surface area contributed by atoms with Crippen LogP contribution in [0.3, 0.4) is 0 Å². The molecular weight excluding hydrogens is 306 g/mol. The van der Waals surface area contributed by atoms with Crippen molar-refractivity contribution in [3.8, 4) is 23.3 Å². The molecule has 124 valence electrons. The Bertz CT molecular complexity index is 777. The Morgan fingerprint density at radius 1 is 1.08 bits per heavy atom. The summed E-state index contributed by atoms with van der Waals surface area (Å²) in [5.74, 6) is 1.66. The largest absolute Gasteiger partial charge is 0.493 e. The van der Waals surface area contributed by atoms with E-state index in [0.717, 1.165) is 5.56 Å². The van der Waals surface area contributed by atoms with Gasteiger partial charge in [0.1, 0.15) is 12.4 Å². The van der Waals surface area contributed by atoms with Crippen LogP contribution >= 0.6 is 0 Å². The molecule has 0 spiro atoms. The number of carbonyl (C=O) groups excluding carboxylic acids is 1. The summed E-state index contributed by atoms with van der Waals surface area (Å²) < 4.78 is 16.7. The Kier molecular flexibility index (Phi) is 5.80. The number of carbonyl (C=O) groups is 1. The van der Waals surface area contributed by atoms with E-state index in [9.17, 15) is 4.79 Å². The summed E-state index contributed by atoms with van der Waals surface area (Å²) in [5, 5.41) is 8.94. The molecule has 0 fully saturated rings. The van der Waals surface area contributed by atoms with Crippen LogP contribution in [0.4, 0.5) is 0 Å². The van der Waals surface area contributed by atoms with Gasteiger partial charge in [0, 0.05) is 17.2 Å². The first-order valence-electron chi connectivity index (χ1n) is 7.56. The Labute approximate surface area is 141 Å². The summed E-state index contributed by atoms with van der Waals surface area (Å²) in [6.45, 7) is 4.16. The number of nitriles is 1. The van der Waals surface area contributed by atoms with Crippen molar-refractivity contribution in [3.63, 3.8) is 0 Å². The average Bonchev–Trinajstić information content (AvgIpc) is 2.60. The van der Waals surface area contributed by atoms with E-state index >= 15 is 0 Å². The zero-order valence-electron chi connectivity index (χ0n) is 14.0. The van der Waals surface area contributed by atoms with Gasteiger partial charge in [0.05, 0.1) is 25.3 Å². The van der Waals surface area contributed by atoms with Crippen molar-refractivity contribution in [2.45, 2.75) is 20.5 Å². The first kappa shape index (κ1) is 17.4. The summed E-state index contributed by atoms with van der Waals surface area (Å²) in [6.07, 6.45) is 0. The molecule has 0 aliphatic heterocycles. The molecule has 0 aromatic heterocycles. The number of benzene rings is 2. The van der Waals surface area contributed by atoms with Crippen LogP contribution in [0, 0.1) is 11.3 Å². The molecule has 0 saturated heterocycles. The van der Waals surface area contributed by atoms with Gasteiger partial charge in [-0.05, 0) is 44.2 Å². The van der Waals surface area contributed by atoms with Crippen molar-refractivity contribution in [1.82, 2.24) is 0 Å². The highest BCUT2D eigenvalue weighted by Crippen LogP contribution is 2.30. The van der Waals surface area contributed by atoms with E-state index in [0.29, 0.717) is 35.0 Å². The summed E-state index contributed by atoms with van der Waals surface area (Å²) in [5.41, 5.74) is 1.87. The molecule has 0 saturated carbocycles. The second-order valence-corrected chi connectivity index (χ2v) is 5.08. The number of methoxy groups -OCH3 is 1. The molecule has 2 aromatic rings. The smallest absolute Gasteiger partial charge is 0.162 e. The van der Waals surface area contributed by atoms with Gasteiger partial charge in [-0.15, -0.1) is 0 Å². The van der Waals surface area contributed by atoms with Gasteiger partial charge in [-0.2, -0.15) is 5.26 Å². The lowest BCUT2D eigenvalue weighted by Gasteiger charge is -2.14. The number of nitrogens with zero attached hydrogens (tertiary/aromatic N) is 1. The van der Waals surface area contributed by atoms with E-state index in [1.807, 2.05) is 6.92 Å². The molecule has 2 rings (SSSR count). The summed E-state index contributed by atoms with van der Waals surface area (Å²) in [7, 11) is 1.52. The number of rotatable bonds is 7. The fourth-order valence-corrected chi connectivity index (χ4v) is 2.22. The van der Waals surface area contributed by atoms with Gasteiger partial charge < -0.3 is 14.2 Å². The third-order valence-electron chi connectivity index (χ3n) is 3.44. The molecule has 5 heteroatoms. The van der Waals surface area contributed by atoms with Gasteiger partial charge in [0.25, 0.3) is 0 Å². The second kappa shape index (κ2) is 8.02. The molecule has 0 radical (unpaired) electrons. The standard InChI is InChI=1S/C19H19NO4/c1-4-23-17-8-6-15(13(2)21)10-16(17)12-24-18-7-5-14(11-20)9-19(18)22-3/h5-10H,4,12H2,1-3H3. The highest BCUT2D eigenvalue weighted by molar-refractivity contribution is 5.94. The average molecular weight is 325 g/mol. The second-order valence-electron chi connectivity index (χ2n) is 5.08. The van der Waals surface area contributed by atoms with Crippen molar-refractivity contribution in [2.24, 2.45) is 0 Å². The Morgan fingerprint density at radius 3 is 2.46 bits per heavy atom. The SMILES string of the molecule is CCOc1ccc(C(C)=O)cc1COc1ccc(C#N)cc1OC. The maximum atomic E-state index is 11.6. The molecule has 0 aliphatic carbocycles. The molecule has 0 heterocycles. The van der Waals surface area contributed by atoms with Gasteiger partial charge in [0.15, 0.2) is 17.3 Å². The van der Waals surface area contributed by atoms with Gasteiger partial charge >= 0.3 is 0 Å². The van der Waals surface area contributed by atoms with Crippen molar-refractivity contribution in [1.29, 1.82) is 5.26 Å². The van der Waals surface area contributed by atoms with Crippen molar-refractivity contribution in [2.75, 3.05) is 13.7 Å². The summed E-state index contributed by atoms with van der Waals surface area (Å²) in [6, 6.07) is 12.3. The lowest BCUT2D eigenvalue weighted by atomic mass is 10.1. The third-order valence-corrected chi connectivity index (χ3v) is 3.44. The van der Waals surface area contributed by atoms with Crippen molar-refractivity contribution < 1.29 is 19.0 Å². The van der Waals surface area contributed by atoms with Crippen LogP contribution in [-0.2, 0) is 6.61 Å². The molecule has 0 bridgehead atoms. The monoisotopic (exact) mass is 325 g/mol. The van der Waals surface area contributed by atoms with Gasteiger partial charge in [-0.3, -0.25) is 4.79 Å². The first-order chi connectivity index (χ1) is 11.6. The van der Waals surface area contributed by atoms with Gasteiger partial charge in [-0.1, -0.05) is 0 Å². The minimum atomic E-state index is -0.0183. The van der Waals surface area contributed by atoms with Crippen LogP contribution in [0.15, 0.2) is 36.4 Å². The lowest BCUT2D eigenvalue weighted by Crippen LogP contribution is -2.04. The van der Waals surface area contributed by atoms with E-state index in [-0.39, 0.29) is 12.4 Å². The predicted octanol–water partition coefficient (Wildman–Crippen LogP) is 3.75. The topological polar surface area (TPSA) is 68.5 Å². The Balaban J connectivity index is 2.26. The van der Waals surface area contributed by atoms with E-state index in [2.05, 4.69) is 6.07 Å². The zero-order valence-corrected chi connectivity index (χ0v) is 14.0. The molecule has 0 amide bonds. The fraction of sp³-hybridized carbons (Fsp3) is 0.263. The molecule has 0 atom stereocenters.